The van der Waals surface area contributed by atoms with Crippen molar-refractivity contribution in [3.63, 3.8) is 0 Å². The number of esters is 1. The molecule has 0 radical (unpaired) electrons. The van der Waals surface area contributed by atoms with Crippen molar-refractivity contribution in [3.05, 3.63) is 47.2 Å². The Labute approximate surface area is 224 Å². The van der Waals surface area contributed by atoms with Gasteiger partial charge in [-0.25, -0.2) is 14.4 Å². The molecule has 0 bridgehead atoms. The monoisotopic (exact) mass is 550 g/mol. The number of carboxylic acids is 1. The summed E-state index contributed by atoms with van der Waals surface area (Å²) in [6, 6.07) is 4.15. The summed E-state index contributed by atoms with van der Waals surface area (Å²) in [7, 11) is 0. The maximum atomic E-state index is 12.4. The molecule has 0 unspecified atom stereocenters. The molecule has 1 heterocycles. The number of guanidine groups is 1. The molecule has 14 nitrogen and oxygen atoms in total. The SMILES string of the molecule is Cc1ccc(/C=C/C(=O)OCCCNC(=O)O[C@@H]([C@@H]2OC(C(=O)O)=C[C@H](NC(=N)N)[C@H]2C)[C@H](O)CO)cc1O. The van der Waals surface area contributed by atoms with Crippen molar-refractivity contribution >= 4 is 30.1 Å². The van der Waals surface area contributed by atoms with Crippen LogP contribution in [0.3, 0.4) is 0 Å². The first-order valence-electron chi connectivity index (χ1n) is 12.0. The fourth-order valence-corrected chi connectivity index (χ4v) is 3.66. The van der Waals surface area contributed by atoms with Crippen molar-refractivity contribution in [2.45, 2.75) is 44.6 Å². The molecule has 1 aliphatic rings. The van der Waals surface area contributed by atoms with Gasteiger partial charge in [-0.2, -0.15) is 0 Å². The van der Waals surface area contributed by atoms with Crippen molar-refractivity contribution in [1.82, 2.24) is 10.6 Å². The van der Waals surface area contributed by atoms with Crippen molar-refractivity contribution in [2.24, 2.45) is 11.7 Å². The molecule has 0 aromatic heterocycles. The molecule has 14 heteroatoms. The summed E-state index contributed by atoms with van der Waals surface area (Å²) in [6.45, 7) is 2.53. The molecule has 1 aliphatic heterocycles. The first kappa shape index (κ1) is 30.9. The van der Waals surface area contributed by atoms with E-state index in [9.17, 15) is 34.8 Å². The summed E-state index contributed by atoms with van der Waals surface area (Å²) < 4.78 is 15.8. The molecule has 1 aromatic rings. The van der Waals surface area contributed by atoms with Crippen LogP contribution in [0.4, 0.5) is 4.79 Å². The maximum absolute atomic E-state index is 12.4. The van der Waals surface area contributed by atoms with E-state index in [1.807, 2.05) is 0 Å². The molecule has 0 fully saturated rings. The predicted molar refractivity (Wildman–Crippen MR) is 137 cm³/mol. The Morgan fingerprint density at radius 1 is 1.31 bits per heavy atom. The molecule has 0 aliphatic carbocycles. The van der Waals surface area contributed by atoms with Crippen LogP contribution in [-0.4, -0.2) is 88.5 Å². The number of aliphatic hydroxyl groups excluding tert-OH is 2. The van der Waals surface area contributed by atoms with Gasteiger partial charge >= 0.3 is 18.0 Å². The standard InChI is InChI=1S/C25H34N4O10/c1-13-4-5-15(10-17(13)31)6-7-20(33)37-9-3-8-28-25(36)39-22(18(32)12-30)21-14(2)16(29-24(26)27)11-19(38-21)23(34)35/h4-7,10-11,14,16,18,21-22,30-32H,3,8-9,12H2,1-2H3,(H,28,36)(H,34,35)(H4,26,27,29)/b7-6+/t14-,16+,18-,21-,22-/m1/s1. The average molecular weight is 551 g/mol. The number of nitrogens with two attached hydrogens (primary N) is 1. The number of hydrogen-bond acceptors (Lipinski definition) is 10. The highest BCUT2D eigenvalue weighted by Gasteiger charge is 2.43. The number of phenolic OH excluding ortho intramolecular Hbond substituents is 1. The van der Waals surface area contributed by atoms with E-state index in [1.54, 1.807) is 26.0 Å². The van der Waals surface area contributed by atoms with E-state index in [1.165, 1.54) is 24.3 Å². The number of rotatable bonds is 12. The molecular formula is C25H34N4O10. The van der Waals surface area contributed by atoms with Crippen LogP contribution >= 0.6 is 0 Å². The zero-order chi connectivity index (χ0) is 29.1. The number of nitrogens with one attached hydrogen (secondary N) is 3. The normalized spacial score (nSPS) is 20.2. The Morgan fingerprint density at radius 3 is 2.64 bits per heavy atom. The molecule has 0 saturated heterocycles. The number of aryl methyl sites for hydroxylation is 1. The van der Waals surface area contributed by atoms with E-state index in [-0.39, 0.29) is 25.3 Å². The number of carbonyl (C=O) groups excluding carboxylic acids is 2. The lowest BCUT2D eigenvalue weighted by Gasteiger charge is -2.39. The van der Waals surface area contributed by atoms with Crippen LogP contribution in [-0.2, 0) is 23.8 Å². The summed E-state index contributed by atoms with van der Waals surface area (Å²) >= 11 is 0. The third-order valence-corrected chi connectivity index (χ3v) is 5.82. The Hall–Kier alpha value is -4.30. The highest BCUT2D eigenvalue weighted by atomic mass is 16.6. The van der Waals surface area contributed by atoms with Gasteiger partial charge in [0, 0.05) is 18.5 Å². The van der Waals surface area contributed by atoms with Gasteiger partial charge in [0.1, 0.15) is 18.0 Å². The van der Waals surface area contributed by atoms with Gasteiger partial charge in [0.05, 0.1) is 19.3 Å². The predicted octanol–water partition coefficient (Wildman–Crippen LogP) is -0.0498. The second kappa shape index (κ2) is 14.6. The number of carbonyl (C=O) groups is 3. The van der Waals surface area contributed by atoms with Gasteiger partial charge in [-0.05, 0) is 42.7 Å². The summed E-state index contributed by atoms with van der Waals surface area (Å²) in [5.74, 6) is -3.53. The zero-order valence-electron chi connectivity index (χ0n) is 21.5. The number of amides is 1. The number of aliphatic carboxylic acids is 1. The van der Waals surface area contributed by atoms with E-state index >= 15 is 0 Å². The van der Waals surface area contributed by atoms with E-state index in [4.69, 9.17) is 25.4 Å². The molecule has 1 amide bonds. The van der Waals surface area contributed by atoms with Crippen LogP contribution < -0.4 is 16.4 Å². The number of aromatic hydroxyl groups is 1. The minimum Gasteiger partial charge on any atom is -0.508 e. The molecule has 5 atom stereocenters. The lowest BCUT2D eigenvalue weighted by Crippen LogP contribution is -2.56. The smallest absolute Gasteiger partial charge is 0.407 e. The minimum atomic E-state index is -1.61. The van der Waals surface area contributed by atoms with E-state index in [2.05, 4.69) is 10.6 Å². The van der Waals surface area contributed by atoms with Crippen molar-refractivity contribution in [1.29, 1.82) is 5.41 Å². The summed E-state index contributed by atoms with van der Waals surface area (Å²) in [6.07, 6.45) is -1.18. The molecule has 39 heavy (non-hydrogen) atoms. The number of ether oxygens (including phenoxy) is 3. The molecule has 214 valence electrons. The second-order valence-corrected chi connectivity index (χ2v) is 8.81. The van der Waals surface area contributed by atoms with Gasteiger partial charge in [-0.3, -0.25) is 5.41 Å². The number of hydrogen-bond donors (Lipinski definition) is 8. The zero-order valence-corrected chi connectivity index (χ0v) is 21.5. The van der Waals surface area contributed by atoms with Crippen LogP contribution in [0, 0.1) is 18.3 Å². The molecule has 0 spiro atoms. The van der Waals surface area contributed by atoms with E-state index in [0.717, 1.165) is 0 Å². The largest absolute Gasteiger partial charge is 0.508 e. The van der Waals surface area contributed by atoms with Crippen molar-refractivity contribution in [2.75, 3.05) is 19.8 Å². The summed E-state index contributed by atoms with van der Waals surface area (Å²) in [5.41, 5.74) is 6.69. The molecule has 0 saturated carbocycles. The molecular weight excluding hydrogens is 516 g/mol. The van der Waals surface area contributed by atoms with Crippen LogP contribution in [0.15, 0.2) is 36.1 Å². The Kier molecular flexibility index (Phi) is 11.6. The van der Waals surface area contributed by atoms with Crippen LogP contribution in [0.1, 0.15) is 24.5 Å². The summed E-state index contributed by atoms with van der Waals surface area (Å²) in [5, 5.41) is 51.3. The number of phenols is 1. The average Bonchev–Trinajstić information content (AvgIpc) is 2.88. The molecule has 1 aromatic carbocycles. The third kappa shape index (κ3) is 9.50. The van der Waals surface area contributed by atoms with Crippen LogP contribution in [0.5, 0.6) is 5.75 Å². The first-order chi connectivity index (χ1) is 18.4. The third-order valence-electron chi connectivity index (χ3n) is 5.82. The number of carboxylic acid groups (broad SMARTS) is 1. The van der Waals surface area contributed by atoms with Gasteiger partial charge < -0.3 is 51.0 Å². The van der Waals surface area contributed by atoms with Crippen molar-refractivity contribution in [3.8, 4) is 5.75 Å². The Morgan fingerprint density at radius 2 is 2.03 bits per heavy atom. The highest BCUT2D eigenvalue weighted by Crippen LogP contribution is 2.29. The Balaban J connectivity index is 1.88. The van der Waals surface area contributed by atoms with Gasteiger partial charge in [-0.15, -0.1) is 0 Å². The topological polar surface area (TPSA) is 234 Å². The number of benzene rings is 1. The van der Waals surface area contributed by atoms with Crippen molar-refractivity contribution < 1.29 is 49.0 Å². The maximum Gasteiger partial charge on any atom is 0.407 e. The highest BCUT2D eigenvalue weighted by molar-refractivity contribution is 5.87. The summed E-state index contributed by atoms with van der Waals surface area (Å²) in [4.78, 5) is 35.8. The van der Waals surface area contributed by atoms with Gasteiger partial charge in [0.25, 0.3) is 0 Å². The van der Waals surface area contributed by atoms with Gasteiger partial charge in [0.2, 0.25) is 5.76 Å². The fourth-order valence-electron chi connectivity index (χ4n) is 3.66. The molecule has 9 N–H and O–H groups in total. The van der Waals surface area contributed by atoms with E-state index in [0.29, 0.717) is 11.1 Å². The van der Waals surface area contributed by atoms with E-state index < -0.39 is 66.6 Å². The number of alkyl carbamates (subject to hydrolysis) is 1. The minimum absolute atomic E-state index is 0.0273. The van der Waals surface area contributed by atoms with Gasteiger partial charge in [-0.1, -0.05) is 19.1 Å². The molecule has 2 rings (SSSR count). The first-order valence-corrected chi connectivity index (χ1v) is 12.0. The number of aliphatic hydroxyl groups is 2. The Bertz CT molecular complexity index is 1110. The van der Waals surface area contributed by atoms with Crippen LogP contribution in [0.25, 0.3) is 6.08 Å². The lowest BCUT2D eigenvalue weighted by molar-refractivity contribution is -0.147. The lowest BCUT2D eigenvalue weighted by atomic mass is 9.87. The second-order valence-electron chi connectivity index (χ2n) is 8.81. The van der Waals surface area contributed by atoms with Gasteiger partial charge in [0.15, 0.2) is 12.1 Å². The quantitative estimate of drug-likeness (QED) is 0.0562. The van der Waals surface area contributed by atoms with Crippen LogP contribution in [0.2, 0.25) is 0 Å². The fraction of sp³-hybridized carbons (Fsp3) is 0.440.